The molecule has 2 aliphatic rings. The minimum absolute atomic E-state index is 0.0836. The highest BCUT2D eigenvalue weighted by atomic mass is 32.2. The lowest BCUT2D eigenvalue weighted by molar-refractivity contribution is 1.46. The second-order valence-corrected chi connectivity index (χ2v) is 14.5. The van der Waals surface area contributed by atoms with Gasteiger partial charge in [0, 0.05) is 73.0 Å². The number of rotatable bonds is 6. The summed E-state index contributed by atoms with van der Waals surface area (Å²) >= 11 is 10.5. The van der Waals surface area contributed by atoms with Gasteiger partial charge in [0.15, 0.2) is 0 Å². The lowest BCUT2D eigenvalue weighted by atomic mass is 9.98. The summed E-state index contributed by atoms with van der Waals surface area (Å²) in [4.78, 5) is 11.2. The predicted molar refractivity (Wildman–Crippen MR) is 180 cm³/mol. The van der Waals surface area contributed by atoms with Gasteiger partial charge in [-0.3, -0.25) is 0 Å². The number of nitriles is 1. The standard InChI is InChI=1S/C30H21N3S6/c1-15(14-31)8-16-9-22-25(29(34-4)35-5)18-13-21-19(12-20(18)27(22)38-16)26(30(36-6)37-7)23-10-17(39-28(21)23)11-24(32-2)33-3/h8-13H,1,4-7H3/b15-8-. The maximum Gasteiger partial charge on any atom is 0.520 e. The van der Waals surface area contributed by atoms with Gasteiger partial charge in [-0.15, -0.1) is 69.7 Å². The number of hydrogen-bond acceptors (Lipinski definition) is 7. The van der Waals surface area contributed by atoms with E-state index >= 15 is 0 Å². The van der Waals surface area contributed by atoms with Crippen LogP contribution < -0.4 is 0 Å². The summed E-state index contributed by atoms with van der Waals surface area (Å²) in [6.07, 6.45) is 12.2. The molecule has 3 aromatic rings. The maximum atomic E-state index is 9.34. The molecular weight excluding hydrogens is 595 g/mol. The smallest absolute Gasteiger partial charge is 0.193 e. The first-order valence-electron chi connectivity index (χ1n) is 11.6. The first-order valence-corrected chi connectivity index (χ1v) is 18.1. The summed E-state index contributed by atoms with van der Waals surface area (Å²) in [6.45, 7) is 16.5. The van der Waals surface area contributed by atoms with Crippen molar-refractivity contribution in [1.29, 1.82) is 5.26 Å². The third-order valence-corrected chi connectivity index (χ3v) is 12.9. The van der Waals surface area contributed by atoms with Crippen molar-refractivity contribution < 1.29 is 0 Å². The number of hydrogen-bond donors (Lipinski definition) is 0. The van der Waals surface area contributed by atoms with E-state index in [0.29, 0.717) is 5.57 Å². The molecule has 0 radical (unpaired) electrons. The SMILES string of the molecule is [C-]#[N+]C(=Cc1cc2c(s1)-c1cc3c(cc1C2=C(SC)SC)-c1sc(/C=C(/C)C#N)cc1C3=C(SC)SC)[N+]#[C-]. The van der Waals surface area contributed by atoms with Crippen LogP contribution in [0.4, 0.5) is 0 Å². The molecule has 0 aliphatic heterocycles. The number of thioether (sulfide) groups is 4. The summed E-state index contributed by atoms with van der Waals surface area (Å²) < 4.78 is 2.53. The highest BCUT2D eigenvalue weighted by Gasteiger charge is 2.35. The zero-order valence-corrected chi connectivity index (χ0v) is 26.7. The number of allylic oxidation sites excluding steroid dienone is 1. The highest BCUT2D eigenvalue weighted by molar-refractivity contribution is 8.22. The quantitative estimate of drug-likeness (QED) is 0.140. The van der Waals surface area contributed by atoms with Gasteiger partial charge >= 0.3 is 5.82 Å². The van der Waals surface area contributed by atoms with Crippen LogP contribution in [0, 0.1) is 24.5 Å². The third-order valence-electron chi connectivity index (χ3n) is 6.41. The monoisotopic (exact) mass is 615 g/mol. The lowest BCUT2D eigenvalue weighted by Gasteiger charge is -2.13. The Labute approximate surface area is 254 Å². The first-order chi connectivity index (χ1) is 18.9. The van der Waals surface area contributed by atoms with Crippen LogP contribution in [0.1, 0.15) is 38.9 Å². The van der Waals surface area contributed by atoms with E-state index in [2.05, 4.69) is 65.0 Å². The van der Waals surface area contributed by atoms with Gasteiger partial charge in [0.25, 0.3) is 0 Å². The molecule has 2 aliphatic carbocycles. The summed E-state index contributed by atoms with van der Waals surface area (Å²) in [7, 11) is 0. The average Bonchev–Trinajstić information content (AvgIpc) is 3.68. The molecule has 2 aromatic heterocycles. The number of thiophene rings is 2. The van der Waals surface area contributed by atoms with Gasteiger partial charge in [-0.25, -0.2) is 0 Å². The molecule has 3 nitrogen and oxygen atoms in total. The Hall–Kier alpha value is -2.55. The Morgan fingerprint density at radius 3 is 1.54 bits per heavy atom. The predicted octanol–water partition coefficient (Wildman–Crippen LogP) is 10.7. The van der Waals surface area contributed by atoms with Crippen molar-refractivity contribution in [1.82, 2.24) is 0 Å². The Morgan fingerprint density at radius 2 is 1.15 bits per heavy atom. The van der Waals surface area contributed by atoms with E-state index in [-0.39, 0.29) is 5.82 Å². The summed E-state index contributed by atoms with van der Waals surface area (Å²) in [5.41, 5.74) is 10.6. The fourth-order valence-corrected chi connectivity index (χ4v) is 10.2. The van der Waals surface area contributed by atoms with Crippen molar-refractivity contribution in [2.75, 3.05) is 25.0 Å². The number of benzene rings is 1. The van der Waals surface area contributed by atoms with Crippen LogP contribution in [0.5, 0.6) is 0 Å². The fraction of sp³-hybridized carbons (Fsp3) is 0.167. The first kappa shape index (κ1) is 28.0. The van der Waals surface area contributed by atoms with Crippen LogP contribution in [0.25, 0.3) is 53.9 Å². The molecule has 0 spiro atoms. The molecule has 39 heavy (non-hydrogen) atoms. The molecule has 1 aromatic carbocycles. The molecule has 0 amide bonds. The third kappa shape index (κ3) is 4.74. The van der Waals surface area contributed by atoms with Crippen LogP contribution in [-0.4, -0.2) is 25.0 Å². The largest absolute Gasteiger partial charge is 0.520 e. The molecule has 0 fully saturated rings. The van der Waals surface area contributed by atoms with E-state index < -0.39 is 0 Å². The molecule has 0 unspecified atom stereocenters. The van der Waals surface area contributed by atoms with Gasteiger partial charge in [-0.2, -0.15) is 15.0 Å². The molecule has 0 N–H and O–H groups in total. The Balaban J connectivity index is 1.81. The van der Waals surface area contributed by atoms with E-state index in [1.54, 1.807) is 75.8 Å². The number of fused-ring (bicyclic) bond motifs is 6. The van der Waals surface area contributed by atoms with E-state index in [1.807, 2.05) is 13.0 Å². The van der Waals surface area contributed by atoms with Gasteiger partial charge in [-0.05, 0) is 73.4 Å². The number of nitrogens with zero attached hydrogens (tertiary/aromatic N) is 3. The van der Waals surface area contributed by atoms with Gasteiger partial charge in [0.1, 0.15) is 13.1 Å². The Morgan fingerprint density at radius 1 is 0.718 bits per heavy atom. The molecule has 2 heterocycles. The fourth-order valence-electron chi connectivity index (χ4n) is 4.89. The minimum Gasteiger partial charge on any atom is -0.193 e. The van der Waals surface area contributed by atoms with Crippen molar-refractivity contribution in [3.63, 3.8) is 0 Å². The van der Waals surface area contributed by atoms with Gasteiger partial charge in [0.05, 0.1) is 6.07 Å². The lowest BCUT2D eigenvalue weighted by Crippen LogP contribution is -1.90. The van der Waals surface area contributed by atoms with Crippen molar-refractivity contribution in [3.8, 4) is 27.0 Å². The zero-order chi connectivity index (χ0) is 27.8. The molecule has 0 saturated carbocycles. The normalized spacial score (nSPS) is 12.6. The van der Waals surface area contributed by atoms with Crippen molar-refractivity contribution in [2.45, 2.75) is 6.92 Å². The van der Waals surface area contributed by atoms with E-state index in [9.17, 15) is 5.26 Å². The molecule has 0 atom stereocenters. The maximum absolute atomic E-state index is 9.34. The van der Waals surface area contributed by atoms with Gasteiger partial charge < -0.3 is 0 Å². The Kier molecular flexibility index (Phi) is 8.26. The summed E-state index contributed by atoms with van der Waals surface area (Å²) in [5, 5.41) is 9.34. The van der Waals surface area contributed by atoms with Crippen LogP contribution in [-0.2, 0) is 0 Å². The van der Waals surface area contributed by atoms with Crippen molar-refractivity contribution >= 4 is 93.0 Å². The molecular formula is C30H21N3S6. The topological polar surface area (TPSA) is 32.5 Å². The van der Waals surface area contributed by atoms with Crippen molar-refractivity contribution in [3.05, 3.63) is 99.0 Å². The van der Waals surface area contributed by atoms with Crippen LogP contribution in [0.15, 0.2) is 44.1 Å². The van der Waals surface area contributed by atoms with Gasteiger partial charge in [0.2, 0.25) is 0 Å². The van der Waals surface area contributed by atoms with Gasteiger partial charge in [-0.1, -0.05) is 0 Å². The molecule has 0 bridgehead atoms. The van der Waals surface area contributed by atoms with Crippen LogP contribution >= 0.6 is 69.7 Å². The zero-order valence-electron chi connectivity index (χ0n) is 21.8. The summed E-state index contributed by atoms with van der Waals surface area (Å²) in [6, 6.07) is 11.3. The average molecular weight is 616 g/mol. The van der Waals surface area contributed by atoms with E-state index in [0.717, 1.165) is 9.75 Å². The highest BCUT2D eigenvalue weighted by Crippen LogP contribution is 2.59. The summed E-state index contributed by atoms with van der Waals surface area (Å²) in [5.74, 6) is 0.0836. The Bertz CT molecular complexity index is 1760. The molecule has 9 heteroatoms. The van der Waals surface area contributed by atoms with Crippen LogP contribution in [0.2, 0.25) is 0 Å². The molecule has 5 rings (SSSR count). The van der Waals surface area contributed by atoms with E-state index in [1.165, 1.54) is 62.8 Å². The van der Waals surface area contributed by atoms with Crippen molar-refractivity contribution in [2.24, 2.45) is 0 Å². The molecule has 0 saturated heterocycles. The second-order valence-electron chi connectivity index (χ2n) is 8.53. The molecule has 192 valence electrons. The second kappa shape index (κ2) is 11.5. The minimum atomic E-state index is 0.0836. The van der Waals surface area contributed by atoms with E-state index in [4.69, 9.17) is 13.1 Å². The van der Waals surface area contributed by atoms with Crippen LogP contribution in [0.3, 0.4) is 0 Å².